The zero-order valence-corrected chi connectivity index (χ0v) is 14.2. The van der Waals surface area contributed by atoms with Crippen LogP contribution in [0, 0.1) is 11.8 Å². The molecule has 1 aliphatic carbocycles. The van der Waals surface area contributed by atoms with Gasteiger partial charge in [0.15, 0.2) is 0 Å². The Kier molecular flexibility index (Phi) is 5.28. The second-order valence-electron chi connectivity index (χ2n) is 5.50. The van der Waals surface area contributed by atoms with Crippen LogP contribution in [0.4, 0.5) is 0 Å². The number of benzene rings is 1. The lowest BCUT2D eigenvalue weighted by molar-refractivity contribution is 0.206. The van der Waals surface area contributed by atoms with Gasteiger partial charge < -0.3 is 5.32 Å². The summed E-state index contributed by atoms with van der Waals surface area (Å²) in [5, 5.41) is 3.73. The summed E-state index contributed by atoms with van der Waals surface area (Å²) in [5.74, 6) is 1.64. The van der Waals surface area contributed by atoms with Gasteiger partial charge in [0.2, 0.25) is 0 Å². The van der Waals surface area contributed by atoms with Crippen LogP contribution >= 0.6 is 31.9 Å². The maximum Gasteiger partial charge on any atom is 0.0320 e. The van der Waals surface area contributed by atoms with E-state index in [0.29, 0.717) is 6.04 Å². The third-order valence-corrected chi connectivity index (χ3v) is 6.14. The minimum Gasteiger partial charge on any atom is -0.310 e. The summed E-state index contributed by atoms with van der Waals surface area (Å²) >= 11 is 7.07. The Bertz CT molecular complexity index is 405. The maximum atomic E-state index is 3.73. The Morgan fingerprint density at radius 2 is 1.94 bits per heavy atom. The molecule has 3 atom stereocenters. The molecule has 100 valence electrons. The van der Waals surface area contributed by atoms with Crippen LogP contribution in [0.2, 0.25) is 0 Å². The van der Waals surface area contributed by atoms with Crippen molar-refractivity contribution in [2.24, 2.45) is 11.8 Å². The monoisotopic (exact) mass is 373 g/mol. The summed E-state index contributed by atoms with van der Waals surface area (Å²) in [4.78, 5) is 0. The summed E-state index contributed by atoms with van der Waals surface area (Å²) in [6, 6.07) is 7.15. The topological polar surface area (TPSA) is 12.0 Å². The molecule has 3 heteroatoms. The highest BCUT2D eigenvalue weighted by atomic mass is 79.9. The quantitative estimate of drug-likeness (QED) is 0.773. The number of halogens is 2. The van der Waals surface area contributed by atoms with Gasteiger partial charge in [-0.2, -0.15) is 0 Å². The Labute approximate surface area is 127 Å². The van der Waals surface area contributed by atoms with Crippen molar-refractivity contribution < 1.29 is 0 Å². The summed E-state index contributed by atoms with van der Waals surface area (Å²) < 4.78 is 2.25. The molecule has 1 fully saturated rings. The van der Waals surface area contributed by atoms with Crippen molar-refractivity contribution in [3.05, 3.63) is 32.7 Å². The maximum absolute atomic E-state index is 3.73. The van der Waals surface area contributed by atoms with E-state index in [2.05, 4.69) is 69.2 Å². The highest BCUT2D eigenvalue weighted by Gasteiger charge is 2.26. The molecule has 0 amide bonds. The molecule has 1 aromatic rings. The highest BCUT2D eigenvalue weighted by Crippen LogP contribution is 2.30. The first-order valence-corrected chi connectivity index (χ1v) is 8.34. The SMILES string of the molecule is CC1CCCC(NCc2ccc(Br)c(Br)c2)C1C. The van der Waals surface area contributed by atoms with Gasteiger partial charge in [0.25, 0.3) is 0 Å². The molecule has 1 nitrogen and oxygen atoms in total. The first kappa shape index (κ1) is 14.5. The standard InChI is InChI=1S/C15H21Br2N/c1-10-4-3-5-15(11(10)2)18-9-12-6-7-13(16)14(17)8-12/h6-8,10-11,15,18H,3-5,9H2,1-2H3. The van der Waals surface area contributed by atoms with Crippen LogP contribution in [-0.2, 0) is 6.54 Å². The fourth-order valence-corrected chi connectivity index (χ4v) is 3.44. The minimum atomic E-state index is 0.677. The van der Waals surface area contributed by atoms with Crippen molar-refractivity contribution in [2.75, 3.05) is 0 Å². The van der Waals surface area contributed by atoms with E-state index in [1.165, 1.54) is 24.8 Å². The molecule has 18 heavy (non-hydrogen) atoms. The number of nitrogens with one attached hydrogen (secondary N) is 1. The normalized spacial score (nSPS) is 28.3. The third kappa shape index (κ3) is 3.58. The number of hydrogen-bond donors (Lipinski definition) is 1. The molecular weight excluding hydrogens is 354 g/mol. The van der Waals surface area contributed by atoms with Crippen molar-refractivity contribution in [3.8, 4) is 0 Å². The molecule has 0 aromatic heterocycles. The van der Waals surface area contributed by atoms with E-state index in [9.17, 15) is 0 Å². The largest absolute Gasteiger partial charge is 0.310 e. The lowest BCUT2D eigenvalue weighted by atomic mass is 9.78. The van der Waals surface area contributed by atoms with Gasteiger partial charge in [0, 0.05) is 21.5 Å². The van der Waals surface area contributed by atoms with Crippen LogP contribution in [0.3, 0.4) is 0 Å². The third-order valence-electron chi connectivity index (χ3n) is 4.26. The molecular formula is C15H21Br2N. The van der Waals surface area contributed by atoms with Gasteiger partial charge in [-0.1, -0.05) is 32.8 Å². The van der Waals surface area contributed by atoms with Crippen LogP contribution in [0.15, 0.2) is 27.1 Å². The molecule has 0 radical (unpaired) electrons. The van der Waals surface area contributed by atoms with Gasteiger partial charge in [-0.15, -0.1) is 0 Å². The summed E-state index contributed by atoms with van der Waals surface area (Å²) in [7, 11) is 0. The van der Waals surface area contributed by atoms with Crippen molar-refractivity contribution in [1.82, 2.24) is 5.32 Å². The number of hydrogen-bond acceptors (Lipinski definition) is 1. The molecule has 3 unspecified atom stereocenters. The van der Waals surface area contributed by atoms with Crippen molar-refractivity contribution >= 4 is 31.9 Å². The first-order chi connectivity index (χ1) is 8.58. The van der Waals surface area contributed by atoms with Crippen LogP contribution in [-0.4, -0.2) is 6.04 Å². The predicted molar refractivity (Wildman–Crippen MR) is 84.6 cm³/mol. The zero-order chi connectivity index (χ0) is 13.1. The van der Waals surface area contributed by atoms with Crippen molar-refractivity contribution in [3.63, 3.8) is 0 Å². The second-order valence-corrected chi connectivity index (χ2v) is 7.21. The van der Waals surface area contributed by atoms with E-state index in [1.807, 2.05) is 0 Å². The van der Waals surface area contributed by atoms with E-state index in [4.69, 9.17) is 0 Å². The average Bonchev–Trinajstić information content (AvgIpc) is 2.35. The lowest BCUT2D eigenvalue weighted by Gasteiger charge is -2.34. The average molecular weight is 375 g/mol. The number of rotatable bonds is 3. The fraction of sp³-hybridized carbons (Fsp3) is 0.600. The molecule has 0 spiro atoms. The van der Waals surface area contributed by atoms with Crippen LogP contribution in [0.25, 0.3) is 0 Å². The van der Waals surface area contributed by atoms with Crippen LogP contribution in [0.5, 0.6) is 0 Å². The van der Waals surface area contributed by atoms with Gasteiger partial charge in [0.1, 0.15) is 0 Å². The Hall–Kier alpha value is 0.140. The molecule has 2 rings (SSSR count). The molecule has 0 saturated heterocycles. The smallest absolute Gasteiger partial charge is 0.0320 e. The van der Waals surface area contributed by atoms with Crippen molar-refractivity contribution in [2.45, 2.75) is 45.7 Å². The molecule has 1 N–H and O–H groups in total. The molecule has 1 saturated carbocycles. The minimum absolute atomic E-state index is 0.677. The van der Waals surface area contributed by atoms with Gasteiger partial charge in [-0.25, -0.2) is 0 Å². The van der Waals surface area contributed by atoms with E-state index >= 15 is 0 Å². The van der Waals surface area contributed by atoms with Crippen molar-refractivity contribution in [1.29, 1.82) is 0 Å². The summed E-state index contributed by atoms with van der Waals surface area (Å²) in [6.45, 7) is 5.74. The van der Waals surface area contributed by atoms with Crippen LogP contribution in [0.1, 0.15) is 38.7 Å². The highest BCUT2D eigenvalue weighted by molar-refractivity contribution is 9.13. The molecule has 0 aliphatic heterocycles. The van der Waals surface area contributed by atoms with E-state index in [1.54, 1.807) is 0 Å². The van der Waals surface area contributed by atoms with E-state index < -0.39 is 0 Å². The second kappa shape index (κ2) is 6.53. The summed E-state index contributed by atoms with van der Waals surface area (Å²) in [6.07, 6.45) is 4.08. The predicted octanol–water partition coefficient (Wildman–Crippen LogP) is 5.13. The van der Waals surface area contributed by atoms with Gasteiger partial charge >= 0.3 is 0 Å². The molecule has 0 bridgehead atoms. The molecule has 1 aliphatic rings. The van der Waals surface area contributed by atoms with E-state index in [0.717, 1.165) is 27.3 Å². The van der Waals surface area contributed by atoms with Gasteiger partial charge in [0.05, 0.1) is 0 Å². The van der Waals surface area contributed by atoms with Crippen LogP contribution < -0.4 is 5.32 Å². The zero-order valence-electron chi connectivity index (χ0n) is 11.0. The fourth-order valence-electron chi connectivity index (χ4n) is 2.77. The molecule has 0 heterocycles. The molecule has 1 aromatic carbocycles. The Morgan fingerprint density at radius 3 is 2.67 bits per heavy atom. The lowest BCUT2D eigenvalue weighted by Crippen LogP contribution is -2.40. The first-order valence-electron chi connectivity index (χ1n) is 6.75. The van der Waals surface area contributed by atoms with E-state index in [-0.39, 0.29) is 0 Å². The summed E-state index contributed by atoms with van der Waals surface area (Å²) in [5.41, 5.74) is 1.34. The Balaban J connectivity index is 1.92. The Morgan fingerprint density at radius 1 is 1.17 bits per heavy atom. The van der Waals surface area contributed by atoms with Gasteiger partial charge in [-0.3, -0.25) is 0 Å². The van der Waals surface area contributed by atoms with Gasteiger partial charge in [-0.05, 0) is 67.8 Å².